The summed E-state index contributed by atoms with van der Waals surface area (Å²) in [6.07, 6.45) is 1.13. The third-order valence-electron chi connectivity index (χ3n) is 5.64. The number of nitro benzene ring substituents is 1. The molecule has 11 heteroatoms. The number of aryl methyl sites for hydroxylation is 2. The van der Waals surface area contributed by atoms with Gasteiger partial charge in [0.25, 0.3) is 5.69 Å². The van der Waals surface area contributed by atoms with E-state index in [1.165, 1.54) is 18.2 Å². The zero-order valence-electron chi connectivity index (χ0n) is 21.6. The molecule has 3 aromatic rings. The zero-order valence-corrected chi connectivity index (χ0v) is 23.1. The number of carbonyl (C=O) groups excluding carboxylic acids is 2. The van der Waals surface area contributed by atoms with Crippen molar-refractivity contribution in [3.05, 3.63) is 85.9 Å². The molecule has 0 aliphatic rings. The number of carbonyl (C=O) groups is 2. The molecule has 2 N–H and O–H groups in total. The third-order valence-corrected chi connectivity index (χ3v) is 6.11. The van der Waals surface area contributed by atoms with E-state index in [1.807, 2.05) is 13.8 Å². The highest BCUT2D eigenvalue weighted by molar-refractivity contribution is 6.31. The van der Waals surface area contributed by atoms with Gasteiger partial charge >= 0.3 is 0 Å². The second kappa shape index (κ2) is 14.4. The number of amides is 2. The average molecular weight is 574 g/mol. The number of nitrogens with zero attached hydrogens (tertiary/aromatic N) is 1. The van der Waals surface area contributed by atoms with Crippen LogP contribution in [-0.2, 0) is 9.59 Å². The molecule has 0 aliphatic carbocycles. The van der Waals surface area contributed by atoms with Crippen molar-refractivity contribution in [1.29, 1.82) is 0 Å². The van der Waals surface area contributed by atoms with Crippen molar-refractivity contribution in [2.45, 2.75) is 39.5 Å². The molecular weight excluding hydrogens is 545 g/mol. The molecule has 0 heterocycles. The first kappa shape index (κ1) is 29.7. The van der Waals surface area contributed by atoms with Crippen LogP contribution in [0, 0.1) is 24.0 Å². The number of nitro groups is 1. The fraction of sp³-hybridized carbons (Fsp3) is 0.286. The Bertz CT molecular complexity index is 1350. The van der Waals surface area contributed by atoms with Gasteiger partial charge in [-0.05, 0) is 86.3 Å². The van der Waals surface area contributed by atoms with Crippen LogP contribution in [0.3, 0.4) is 0 Å². The number of benzene rings is 3. The van der Waals surface area contributed by atoms with Gasteiger partial charge in [-0.25, -0.2) is 0 Å². The van der Waals surface area contributed by atoms with Crippen molar-refractivity contribution in [1.82, 2.24) is 0 Å². The molecule has 3 rings (SSSR count). The lowest BCUT2D eigenvalue weighted by Gasteiger charge is -2.11. The van der Waals surface area contributed by atoms with Crippen molar-refractivity contribution in [3.63, 3.8) is 0 Å². The summed E-state index contributed by atoms with van der Waals surface area (Å²) in [4.78, 5) is 35.7. The lowest BCUT2D eigenvalue weighted by molar-refractivity contribution is -0.383. The third kappa shape index (κ3) is 9.46. The Labute approximate surface area is 236 Å². The highest BCUT2D eigenvalue weighted by atomic mass is 35.5. The average Bonchev–Trinajstić information content (AvgIpc) is 2.86. The summed E-state index contributed by atoms with van der Waals surface area (Å²) in [5, 5.41) is 18.0. The topological polar surface area (TPSA) is 120 Å². The zero-order chi connectivity index (χ0) is 28.4. The predicted molar refractivity (Wildman–Crippen MR) is 152 cm³/mol. The van der Waals surface area contributed by atoms with Gasteiger partial charge in [-0.3, -0.25) is 19.7 Å². The maximum absolute atomic E-state index is 12.5. The van der Waals surface area contributed by atoms with E-state index in [9.17, 15) is 19.7 Å². The second-order valence-electron chi connectivity index (χ2n) is 8.81. The van der Waals surface area contributed by atoms with Gasteiger partial charge in [0.1, 0.15) is 17.2 Å². The monoisotopic (exact) mass is 573 g/mol. The maximum Gasteiger partial charge on any atom is 0.292 e. The number of ether oxygens (including phenoxy) is 2. The molecule has 0 bridgehead atoms. The van der Waals surface area contributed by atoms with Gasteiger partial charge in [0.05, 0.1) is 18.1 Å². The van der Waals surface area contributed by atoms with Gasteiger partial charge in [0, 0.05) is 34.6 Å². The Morgan fingerprint density at radius 1 is 0.795 bits per heavy atom. The van der Waals surface area contributed by atoms with E-state index in [0.717, 1.165) is 11.1 Å². The Hall–Kier alpha value is -3.82. The Morgan fingerprint density at radius 3 is 1.79 bits per heavy atom. The highest BCUT2D eigenvalue weighted by Crippen LogP contribution is 2.28. The highest BCUT2D eigenvalue weighted by Gasteiger charge is 2.17. The number of halogens is 2. The van der Waals surface area contributed by atoms with E-state index >= 15 is 0 Å². The van der Waals surface area contributed by atoms with Crippen LogP contribution in [0.2, 0.25) is 10.0 Å². The van der Waals surface area contributed by atoms with Crippen LogP contribution in [0.5, 0.6) is 11.5 Å². The molecule has 39 heavy (non-hydrogen) atoms. The van der Waals surface area contributed by atoms with Crippen LogP contribution in [0.4, 0.5) is 17.1 Å². The van der Waals surface area contributed by atoms with Crippen LogP contribution in [-0.4, -0.2) is 30.0 Å². The lowest BCUT2D eigenvalue weighted by atomic mass is 10.2. The summed E-state index contributed by atoms with van der Waals surface area (Å²) in [5.74, 6) is 0.674. The first-order valence-electron chi connectivity index (χ1n) is 12.3. The van der Waals surface area contributed by atoms with E-state index < -0.39 is 10.8 Å². The normalized spacial score (nSPS) is 10.6. The van der Waals surface area contributed by atoms with Gasteiger partial charge in [-0.15, -0.1) is 0 Å². The summed E-state index contributed by atoms with van der Waals surface area (Å²) < 4.78 is 11.4. The van der Waals surface area contributed by atoms with Crippen LogP contribution in [0.25, 0.3) is 0 Å². The number of anilines is 2. The number of rotatable bonds is 13. The van der Waals surface area contributed by atoms with E-state index in [2.05, 4.69) is 10.6 Å². The lowest BCUT2D eigenvalue weighted by Crippen LogP contribution is -2.16. The van der Waals surface area contributed by atoms with Gasteiger partial charge in [0.2, 0.25) is 11.8 Å². The molecular formula is C28H29Cl2N3O6. The fourth-order valence-corrected chi connectivity index (χ4v) is 4.14. The number of hydrogen-bond donors (Lipinski definition) is 2. The minimum Gasteiger partial charge on any atom is -0.493 e. The SMILES string of the molecule is Cc1cc(Cl)ccc1OCCCC(=O)Nc1ccc([N+](=O)[O-])c(NC(=O)CCCOc2ccc(Cl)cc2C)c1. The molecule has 0 saturated carbocycles. The van der Waals surface area contributed by atoms with Gasteiger partial charge < -0.3 is 20.1 Å². The maximum atomic E-state index is 12.5. The molecule has 9 nitrogen and oxygen atoms in total. The molecule has 3 aromatic carbocycles. The van der Waals surface area contributed by atoms with E-state index in [1.54, 1.807) is 36.4 Å². The molecule has 0 aromatic heterocycles. The van der Waals surface area contributed by atoms with E-state index in [-0.39, 0.29) is 36.7 Å². The summed E-state index contributed by atoms with van der Waals surface area (Å²) in [5.41, 5.74) is 1.83. The Morgan fingerprint density at radius 2 is 1.31 bits per heavy atom. The molecule has 0 radical (unpaired) electrons. The van der Waals surface area contributed by atoms with E-state index in [0.29, 0.717) is 46.7 Å². The Kier molecular flexibility index (Phi) is 11.0. The van der Waals surface area contributed by atoms with Crippen LogP contribution < -0.4 is 20.1 Å². The van der Waals surface area contributed by atoms with Crippen LogP contribution in [0.15, 0.2) is 54.6 Å². The summed E-state index contributed by atoms with van der Waals surface area (Å²) >= 11 is 11.9. The predicted octanol–water partition coefficient (Wildman–Crippen LogP) is 7.11. The minimum atomic E-state index is -0.594. The fourth-order valence-electron chi connectivity index (χ4n) is 3.69. The van der Waals surface area contributed by atoms with Crippen LogP contribution in [0.1, 0.15) is 36.8 Å². The standard InChI is InChI=1S/C28H29Cl2N3O6/c1-18-15-20(29)7-11-25(18)38-13-3-5-27(34)31-22-9-10-24(33(36)37)23(17-22)32-28(35)6-4-14-39-26-12-8-21(30)16-19(26)2/h7-12,15-17H,3-6,13-14H2,1-2H3,(H,31,34)(H,32,35). The van der Waals surface area contributed by atoms with Crippen molar-refractivity contribution >= 4 is 52.1 Å². The van der Waals surface area contributed by atoms with Gasteiger partial charge in [0.15, 0.2) is 0 Å². The number of hydrogen-bond acceptors (Lipinski definition) is 6. The van der Waals surface area contributed by atoms with Crippen molar-refractivity contribution in [2.75, 3.05) is 23.8 Å². The van der Waals surface area contributed by atoms with Crippen molar-refractivity contribution < 1.29 is 24.0 Å². The quantitative estimate of drug-likeness (QED) is 0.128. The molecule has 0 unspecified atom stereocenters. The number of nitrogens with one attached hydrogen (secondary N) is 2. The van der Waals surface area contributed by atoms with Crippen molar-refractivity contribution in [2.24, 2.45) is 0 Å². The molecule has 206 valence electrons. The molecule has 0 aliphatic heterocycles. The first-order valence-corrected chi connectivity index (χ1v) is 13.0. The largest absolute Gasteiger partial charge is 0.493 e. The van der Waals surface area contributed by atoms with Gasteiger partial charge in [-0.2, -0.15) is 0 Å². The molecule has 0 saturated heterocycles. The summed E-state index contributed by atoms with van der Waals surface area (Å²) in [6, 6.07) is 14.6. The Balaban J connectivity index is 1.48. The summed E-state index contributed by atoms with van der Waals surface area (Å²) in [6.45, 7) is 4.37. The molecule has 0 spiro atoms. The molecule has 2 amide bonds. The molecule has 0 atom stereocenters. The molecule has 0 fully saturated rings. The first-order chi connectivity index (χ1) is 18.6. The van der Waals surface area contributed by atoms with Gasteiger partial charge in [-0.1, -0.05) is 23.2 Å². The van der Waals surface area contributed by atoms with E-state index in [4.69, 9.17) is 32.7 Å². The van der Waals surface area contributed by atoms with Crippen molar-refractivity contribution in [3.8, 4) is 11.5 Å². The second-order valence-corrected chi connectivity index (χ2v) is 9.68. The summed E-state index contributed by atoms with van der Waals surface area (Å²) in [7, 11) is 0. The van der Waals surface area contributed by atoms with Crippen LogP contribution >= 0.6 is 23.2 Å². The minimum absolute atomic E-state index is 0.00110. The smallest absolute Gasteiger partial charge is 0.292 e.